The van der Waals surface area contributed by atoms with Gasteiger partial charge in [0, 0.05) is 18.1 Å². The molecule has 1 heterocycles. The van der Waals surface area contributed by atoms with Crippen molar-refractivity contribution in [3.05, 3.63) is 28.4 Å². The lowest BCUT2D eigenvalue weighted by Gasteiger charge is -2.13. The number of nitrogens with two attached hydrogens (primary N) is 1. The smallest absolute Gasteiger partial charge is 0.152 e. The lowest BCUT2D eigenvalue weighted by molar-refractivity contribution is 0.416. The van der Waals surface area contributed by atoms with Gasteiger partial charge in [-0.1, -0.05) is 11.6 Å². The summed E-state index contributed by atoms with van der Waals surface area (Å²) in [7, 11) is 3.44. The van der Waals surface area contributed by atoms with Crippen LogP contribution in [0.15, 0.2) is 12.1 Å². The van der Waals surface area contributed by atoms with E-state index in [-0.39, 0.29) is 0 Å². The Morgan fingerprint density at radius 3 is 2.58 bits per heavy atom. The largest absolute Gasteiger partial charge is 0.495 e. The molecule has 0 spiro atoms. The Hall–Kier alpha value is -1.88. The molecule has 0 atom stereocenters. The summed E-state index contributed by atoms with van der Waals surface area (Å²) in [5.74, 6) is 1.39. The predicted octanol–water partition coefficient (Wildman–Crippen LogP) is 3.02. The van der Waals surface area contributed by atoms with Crippen molar-refractivity contribution < 1.29 is 4.74 Å². The first kappa shape index (κ1) is 13.5. The van der Waals surface area contributed by atoms with Crippen LogP contribution in [0.1, 0.15) is 11.3 Å². The molecular weight excluding hydrogens is 264 g/mol. The molecule has 0 saturated carbocycles. The van der Waals surface area contributed by atoms with Crippen molar-refractivity contribution in [1.29, 1.82) is 0 Å². The maximum Gasteiger partial charge on any atom is 0.152 e. The van der Waals surface area contributed by atoms with Gasteiger partial charge in [0.25, 0.3) is 0 Å². The molecule has 0 radical (unpaired) electrons. The lowest BCUT2D eigenvalue weighted by Crippen LogP contribution is -2.03. The molecule has 0 fully saturated rings. The van der Waals surface area contributed by atoms with Gasteiger partial charge >= 0.3 is 0 Å². The molecule has 0 unspecified atom stereocenters. The summed E-state index contributed by atoms with van der Waals surface area (Å²) >= 11 is 6.08. The van der Waals surface area contributed by atoms with E-state index in [1.54, 1.807) is 17.9 Å². The van der Waals surface area contributed by atoms with Crippen molar-refractivity contribution >= 4 is 28.8 Å². The molecule has 0 amide bonds. The number of hydrogen-bond acceptors (Lipinski definition) is 4. The molecule has 6 heteroatoms. The quantitative estimate of drug-likeness (QED) is 0.907. The SMILES string of the molecule is COc1cc(Cl)c(C)cc1Nc1c(N)c(C)nn1C. The van der Waals surface area contributed by atoms with E-state index in [1.807, 2.05) is 27.0 Å². The number of aromatic nitrogens is 2. The lowest BCUT2D eigenvalue weighted by atomic mass is 10.2. The average Bonchev–Trinajstić information content (AvgIpc) is 2.60. The zero-order chi connectivity index (χ0) is 14.2. The number of nitrogen functional groups attached to an aromatic ring is 1. The van der Waals surface area contributed by atoms with Crippen LogP contribution in [0.4, 0.5) is 17.2 Å². The number of aryl methyl sites for hydroxylation is 3. The van der Waals surface area contributed by atoms with Crippen LogP contribution in [0.5, 0.6) is 5.75 Å². The zero-order valence-corrected chi connectivity index (χ0v) is 12.2. The number of hydrogen-bond donors (Lipinski definition) is 2. The normalized spacial score (nSPS) is 10.6. The van der Waals surface area contributed by atoms with Crippen molar-refractivity contribution in [1.82, 2.24) is 9.78 Å². The first-order valence-electron chi connectivity index (χ1n) is 5.84. The highest BCUT2D eigenvalue weighted by Gasteiger charge is 2.13. The molecule has 0 bridgehead atoms. The number of rotatable bonds is 3. The Bertz CT molecular complexity index is 622. The summed E-state index contributed by atoms with van der Waals surface area (Å²) in [4.78, 5) is 0. The molecule has 1 aromatic carbocycles. The summed E-state index contributed by atoms with van der Waals surface area (Å²) < 4.78 is 7.02. The highest BCUT2D eigenvalue weighted by Crippen LogP contribution is 2.34. The van der Waals surface area contributed by atoms with Crippen LogP contribution in [0.2, 0.25) is 5.02 Å². The summed E-state index contributed by atoms with van der Waals surface area (Å²) in [6.45, 7) is 3.80. The molecule has 1 aromatic heterocycles. The van der Waals surface area contributed by atoms with Gasteiger partial charge in [-0.05, 0) is 25.5 Å². The fourth-order valence-electron chi connectivity index (χ4n) is 1.88. The summed E-state index contributed by atoms with van der Waals surface area (Å²) in [6.07, 6.45) is 0. The molecular formula is C13H17ClN4O. The highest BCUT2D eigenvalue weighted by atomic mass is 35.5. The number of ether oxygens (including phenoxy) is 1. The summed E-state index contributed by atoms with van der Waals surface area (Å²) in [5.41, 5.74) is 9.17. The van der Waals surface area contributed by atoms with Gasteiger partial charge in [-0.25, -0.2) is 0 Å². The molecule has 2 aromatic rings. The van der Waals surface area contributed by atoms with Crippen LogP contribution in [-0.2, 0) is 7.05 Å². The van der Waals surface area contributed by atoms with Gasteiger partial charge in [0.2, 0.25) is 0 Å². The average molecular weight is 281 g/mol. The van der Waals surface area contributed by atoms with Crippen LogP contribution in [0.3, 0.4) is 0 Å². The third-order valence-corrected chi connectivity index (χ3v) is 3.41. The van der Waals surface area contributed by atoms with E-state index in [0.29, 0.717) is 16.5 Å². The van der Waals surface area contributed by atoms with Crippen LogP contribution < -0.4 is 15.8 Å². The number of nitrogens with one attached hydrogen (secondary N) is 1. The fraction of sp³-hybridized carbons (Fsp3) is 0.308. The van der Waals surface area contributed by atoms with E-state index in [0.717, 1.165) is 22.8 Å². The van der Waals surface area contributed by atoms with Gasteiger partial charge in [0.1, 0.15) is 5.75 Å². The number of methoxy groups -OCH3 is 1. The van der Waals surface area contributed by atoms with Gasteiger partial charge in [0.15, 0.2) is 5.82 Å². The monoisotopic (exact) mass is 280 g/mol. The molecule has 0 aliphatic rings. The Labute approximate surface area is 117 Å². The van der Waals surface area contributed by atoms with Gasteiger partial charge in [-0.15, -0.1) is 0 Å². The second kappa shape index (κ2) is 5.01. The van der Waals surface area contributed by atoms with Gasteiger partial charge in [-0.3, -0.25) is 4.68 Å². The summed E-state index contributed by atoms with van der Waals surface area (Å²) in [6, 6.07) is 3.70. The van der Waals surface area contributed by atoms with Crippen molar-refractivity contribution in [2.45, 2.75) is 13.8 Å². The van der Waals surface area contributed by atoms with Crippen LogP contribution in [-0.4, -0.2) is 16.9 Å². The molecule has 2 rings (SSSR count). The molecule has 0 aliphatic heterocycles. The maximum absolute atomic E-state index is 6.08. The second-order valence-electron chi connectivity index (χ2n) is 4.40. The topological polar surface area (TPSA) is 65.1 Å². The zero-order valence-electron chi connectivity index (χ0n) is 11.4. The highest BCUT2D eigenvalue weighted by molar-refractivity contribution is 6.31. The van der Waals surface area contributed by atoms with Gasteiger partial charge in [0.05, 0.1) is 24.2 Å². The van der Waals surface area contributed by atoms with Crippen LogP contribution in [0.25, 0.3) is 0 Å². The minimum atomic E-state index is 0.622. The molecule has 19 heavy (non-hydrogen) atoms. The van der Waals surface area contributed by atoms with E-state index in [1.165, 1.54) is 0 Å². The Morgan fingerprint density at radius 2 is 2.05 bits per heavy atom. The van der Waals surface area contributed by atoms with Crippen LogP contribution >= 0.6 is 11.6 Å². The van der Waals surface area contributed by atoms with Crippen LogP contribution in [0, 0.1) is 13.8 Å². The second-order valence-corrected chi connectivity index (χ2v) is 4.81. The van der Waals surface area contributed by atoms with E-state index >= 15 is 0 Å². The number of anilines is 3. The van der Waals surface area contributed by atoms with Gasteiger partial charge in [-0.2, -0.15) is 5.10 Å². The number of benzene rings is 1. The molecule has 0 aliphatic carbocycles. The Morgan fingerprint density at radius 1 is 1.37 bits per heavy atom. The molecule has 102 valence electrons. The Balaban J connectivity index is 2.46. The van der Waals surface area contributed by atoms with Crippen molar-refractivity contribution in [3.63, 3.8) is 0 Å². The van der Waals surface area contributed by atoms with E-state index in [9.17, 15) is 0 Å². The minimum absolute atomic E-state index is 0.622. The van der Waals surface area contributed by atoms with E-state index in [2.05, 4.69) is 10.4 Å². The van der Waals surface area contributed by atoms with Gasteiger partial charge < -0.3 is 15.8 Å². The first-order valence-corrected chi connectivity index (χ1v) is 6.22. The molecule has 0 saturated heterocycles. The van der Waals surface area contributed by atoms with Crippen molar-refractivity contribution in [2.75, 3.05) is 18.2 Å². The fourth-order valence-corrected chi connectivity index (χ4v) is 2.03. The molecule has 5 nitrogen and oxygen atoms in total. The van der Waals surface area contributed by atoms with E-state index < -0.39 is 0 Å². The van der Waals surface area contributed by atoms with Crippen molar-refractivity contribution in [2.24, 2.45) is 7.05 Å². The number of nitrogens with zero attached hydrogens (tertiary/aromatic N) is 2. The maximum atomic E-state index is 6.08. The first-order chi connectivity index (χ1) is 8.93. The predicted molar refractivity (Wildman–Crippen MR) is 78.4 cm³/mol. The Kier molecular flexibility index (Phi) is 3.57. The third-order valence-electron chi connectivity index (χ3n) is 3.00. The third kappa shape index (κ3) is 2.46. The van der Waals surface area contributed by atoms with Crippen molar-refractivity contribution in [3.8, 4) is 5.75 Å². The minimum Gasteiger partial charge on any atom is -0.495 e. The number of halogens is 1. The van der Waals surface area contributed by atoms with E-state index in [4.69, 9.17) is 22.1 Å². The molecule has 3 N–H and O–H groups in total. The summed E-state index contributed by atoms with van der Waals surface area (Å²) in [5, 5.41) is 8.17. The standard InChI is InChI=1S/C13H17ClN4O/c1-7-5-10(11(19-4)6-9(7)14)16-13-12(15)8(2)17-18(13)3/h5-6,16H,15H2,1-4H3.